The molecular weight excluding hydrogens is 397 g/mol. The van der Waals surface area contributed by atoms with Gasteiger partial charge in [-0.1, -0.05) is 51.3 Å². The molecule has 3 nitrogen and oxygen atoms in total. The molecule has 1 N–H and O–H groups in total. The number of sulfonamides is 1. The third-order valence-electron chi connectivity index (χ3n) is 2.83. The molecule has 0 aliphatic rings. The fourth-order valence-corrected chi connectivity index (χ4v) is 4.20. The summed E-state index contributed by atoms with van der Waals surface area (Å²) in [7, 11) is -3.70. The van der Waals surface area contributed by atoms with E-state index in [1.165, 1.54) is 18.2 Å². The molecule has 1 unspecified atom stereocenters. The molecule has 2 rings (SSSR count). The summed E-state index contributed by atoms with van der Waals surface area (Å²) in [5, 5.41) is 0.552. The first-order valence-corrected chi connectivity index (χ1v) is 9.05. The third kappa shape index (κ3) is 4.44. The van der Waals surface area contributed by atoms with Crippen molar-refractivity contribution in [1.82, 2.24) is 4.72 Å². The maximum atomic E-state index is 12.4. The lowest BCUT2D eigenvalue weighted by atomic mass is 10.1. The van der Waals surface area contributed by atoms with Crippen LogP contribution in [0.3, 0.4) is 0 Å². The minimum absolute atomic E-state index is 0.0434. The van der Waals surface area contributed by atoms with E-state index in [1.807, 2.05) is 24.3 Å². The van der Waals surface area contributed by atoms with Gasteiger partial charge in [0.2, 0.25) is 10.0 Å². The number of benzene rings is 2. The van der Waals surface area contributed by atoms with Crippen LogP contribution in [0.1, 0.15) is 18.5 Å². The minimum atomic E-state index is -3.70. The van der Waals surface area contributed by atoms with Gasteiger partial charge in [-0.3, -0.25) is 0 Å². The maximum Gasteiger partial charge on any atom is 0.241 e. The Labute approximate surface area is 142 Å². The first kappa shape index (κ1) is 16.8. The Bertz CT molecular complexity index is 745. The highest BCUT2D eigenvalue weighted by Crippen LogP contribution is 2.24. The third-order valence-corrected chi connectivity index (χ3v) is 5.28. The summed E-state index contributed by atoms with van der Waals surface area (Å²) in [6, 6.07) is 11.3. The van der Waals surface area contributed by atoms with E-state index in [2.05, 4.69) is 20.7 Å². The second-order valence-corrected chi connectivity index (χ2v) is 8.01. The molecule has 0 spiro atoms. The first-order chi connectivity index (χ1) is 9.78. The molecule has 0 amide bonds. The van der Waals surface area contributed by atoms with Crippen LogP contribution in [-0.2, 0) is 10.0 Å². The Balaban J connectivity index is 2.28. The van der Waals surface area contributed by atoms with Crippen LogP contribution in [0.5, 0.6) is 0 Å². The lowest BCUT2D eigenvalue weighted by Gasteiger charge is -2.15. The van der Waals surface area contributed by atoms with Gasteiger partial charge in [-0.05, 0) is 42.8 Å². The van der Waals surface area contributed by atoms with Crippen LogP contribution < -0.4 is 4.72 Å². The Kier molecular flexibility index (Phi) is 5.33. The van der Waals surface area contributed by atoms with Gasteiger partial charge < -0.3 is 0 Å². The zero-order valence-corrected chi connectivity index (χ0v) is 14.9. The first-order valence-electron chi connectivity index (χ1n) is 6.02. The lowest BCUT2D eigenvalue weighted by molar-refractivity contribution is 0.567. The topological polar surface area (TPSA) is 46.2 Å². The van der Waals surface area contributed by atoms with Crippen molar-refractivity contribution in [3.8, 4) is 0 Å². The van der Waals surface area contributed by atoms with E-state index in [1.54, 1.807) is 6.92 Å². The van der Waals surface area contributed by atoms with Gasteiger partial charge >= 0.3 is 0 Å². The van der Waals surface area contributed by atoms with E-state index in [4.69, 9.17) is 23.2 Å². The summed E-state index contributed by atoms with van der Waals surface area (Å²) in [5.74, 6) is 0. The van der Waals surface area contributed by atoms with Crippen LogP contribution in [0.4, 0.5) is 0 Å². The Morgan fingerprint density at radius 2 is 1.71 bits per heavy atom. The number of nitrogens with one attached hydrogen (secondary N) is 1. The predicted molar refractivity (Wildman–Crippen MR) is 89.3 cm³/mol. The van der Waals surface area contributed by atoms with E-state index in [-0.39, 0.29) is 21.0 Å². The van der Waals surface area contributed by atoms with Crippen LogP contribution in [0.25, 0.3) is 0 Å². The van der Waals surface area contributed by atoms with Gasteiger partial charge in [-0.15, -0.1) is 0 Å². The zero-order chi connectivity index (χ0) is 15.6. The highest BCUT2D eigenvalue weighted by atomic mass is 79.9. The van der Waals surface area contributed by atoms with Gasteiger partial charge in [0.05, 0.1) is 4.90 Å². The van der Waals surface area contributed by atoms with Gasteiger partial charge in [0, 0.05) is 20.6 Å². The van der Waals surface area contributed by atoms with Crippen LogP contribution in [-0.4, -0.2) is 8.42 Å². The van der Waals surface area contributed by atoms with Crippen molar-refractivity contribution < 1.29 is 8.42 Å². The molecule has 112 valence electrons. The fraction of sp³-hybridized carbons (Fsp3) is 0.143. The summed E-state index contributed by atoms with van der Waals surface area (Å²) >= 11 is 15.1. The van der Waals surface area contributed by atoms with Crippen LogP contribution in [0, 0.1) is 0 Å². The van der Waals surface area contributed by atoms with Crippen LogP contribution >= 0.6 is 39.1 Å². The SMILES string of the molecule is CC(NS(=O)(=O)c1cc(Cl)cc(Cl)c1)c1cccc(Br)c1. The standard InChI is InChI=1S/C14H12BrCl2NO2S/c1-9(10-3-2-4-11(15)5-10)18-21(19,20)14-7-12(16)6-13(17)8-14/h2-9,18H,1H3. The molecule has 0 bridgehead atoms. The fourth-order valence-electron chi connectivity index (χ4n) is 1.83. The molecule has 0 heterocycles. The summed E-state index contributed by atoms with van der Waals surface area (Å²) in [6.07, 6.45) is 0. The van der Waals surface area contributed by atoms with E-state index in [0.29, 0.717) is 0 Å². The van der Waals surface area contributed by atoms with Gasteiger partial charge in [-0.25, -0.2) is 13.1 Å². The second-order valence-electron chi connectivity index (χ2n) is 4.50. The summed E-state index contributed by atoms with van der Waals surface area (Å²) in [5.41, 5.74) is 0.848. The van der Waals surface area contributed by atoms with Crippen molar-refractivity contribution in [2.75, 3.05) is 0 Å². The minimum Gasteiger partial charge on any atom is -0.207 e. The van der Waals surface area contributed by atoms with Crippen molar-refractivity contribution in [1.29, 1.82) is 0 Å². The average molecular weight is 409 g/mol. The monoisotopic (exact) mass is 407 g/mol. The van der Waals surface area contributed by atoms with Crippen LogP contribution in [0.2, 0.25) is 10.0 Å². The molecule has 0 saturated heterocycles. The van der Waals surface area contributed by atoms with Gasteiger partial charge in [-0.2, -0.15) is 0 Å². The van der Waals surface area contributed by atoms with E-state index < -0.39 is 10.0 Å². The molecule has 1 atom stereocenters. The highest BCUT2D eigenvalue weighted by Gasteiger charge is 2.19. The zero-order valence-electron chi connectivity index (χ0n) is 11.0. The number of hydrogen-bond acceptors (Lipinski definition) is 2. The molecule has 2 aromatic carbocycles. The molecule has 0 aromatic heterocycles. The molecule has 0 radical (unpaired) electrons. The number of halogens is 3. The summed E-state index contributed by atoms with van der Waals surface area (Å²) in [6.45, 7) is 1.77. The molecule has 0 fully saturated rings. The van der Waals surface area contributed by atoms with Gasteiger partial charge in [0.15, 0.2) is 0 Å². The van der Waals surface area contributed by atoms with Crippen molar-refractivity contribution in [2.24, 2.45) is 0 Å². The Morgan fingerprint density at radius 1 is 1.10 bits per heavy atom. The van der Waals surface area contributed by atoms with E-state index in [9.17, 15) is 8.42 Å². The van der Waals surface area contributed by atoms with Crippen LogP contribution in [0.15, 0.2) is 51.8 Å². The smallest absolute Gasteiger partial charge is 0.207 e. The highest BCUT2D eigenvalue weighted by molar-refractivity contribution is 9.10. The molecule has 0 aliphatic carbocycles. The molecule has 7 heteroatoms. The average Bonchev–Trinajstić information content (AvgIpc) is 2.37. The van der Waals surface area contributed by atoms with Gasteiger partial charge in [0.1, 0.15) is 0 Å². The van der Waals surface area contributed by atoms with Gasteiger partial charge in [0.25, 0.3) is 0 Å². The normalized spacial score (nSPS) is 13.1. The maximum absolute atomic E-state index is 12.4. The predicted octanol–water partition coefficient (Wildman–Crippen LogP) is 4.80. The largest absolute Gasteiger partial charge is 0.241 e. The summed E-state index contributed by atoms with van der Waals surface area (Å²) < 4.78 is 28.2. The Morgan fingerprint density at radius 3 is 2.29 bits per heavy atom. The molecular formula is C14H12BrCl2NO2S. The van der Waals surface area contributed by atoms with E-state index >= 15 is 0 Å². The summed E-state index contributed by atoms with van der Waals surface area (Å²) in [4.78, 5) is 0.0434. The molecule has 0 saturated carbocycles. The van der Waals surface area contributed by atoms with Crippen molar-refractivity contribution in [3.05, 3.63) is 62.5 Å². The second kappa shape index (κ2) is 6.67. The number of hydrogen-bond donors (Lipinski definition) is 1. The van der Waals surface area contributed by atoms with E-state index in [0.717, 1.165) is 10.0 Å². The Hall–Kier alpha value is -0.590. The van der Waals surface area contributed by atoms with Crippen molar-refractivity contribution in [2.45, 2.75) is 17.9 Å². The van der Waals surface area contributed by atoms with Crippen molar-refractivity contribution in [3.63, 3.8) is 0 Å². The quantitative estimate of drug-likeness (QED) is 0.789. The van der Waals surface area contributed by atoms with Crippen molar-refractivity contribution >= 4 is 49.2 Å². The number of rotatable bonds is 4. The lowest BCUT2D eigenvalue weighted by Crippen LogP contribution is -2.26. The molecule has 0 aliphatic heterocycles. The molecule has 2 aromatic rings. The molecule has 21 heavy (non-hydrogen) atoms.